The molecule has 0 bridgehead atoms. The minimum absolute atomic E-state index is 0.197. The van der Waals surface area contributed by atoms with E-state index in [1.807, 2.05) is 12.2 Å². The fourth-order valence-corrected chi connectivity index (χ4v) is 2.56. The van der Waals surface area contributed by atoms with E-state index in [2.05, 4.69) is 40.9 Å². The lowest BCUT2D eigenvalue weighted by Gasteiger charge is -2.35. The van der Waals surface area contributed by atoms with Crippen molar-refractivity contribution in [3.63, 3.8) is 0 Å². The van der Waals surface area contributed by atoms with Gasteiger partial charge in [-0.05, 0) is 26.2 Å². The predicted octanol–water partition coefficient (Wildman–Crippen LogP) is 5.91. The molecule has 19 heavy (non-hydrogen) atoms. The molecule has 0 spiro atoms. The van der Waals surface area contributed by atoms with Gasteiger partial charge in [-0.1, -0.05) is 77.7 Å². The Kier molecular flexibility index (Phi) is 9.95. The first-order valence-electron chi connectivity index (χ1n) is 7.97. The van der Waals surface area contributed by atoms with Crippen molar-refractivity contribution < 1.29 is 4.74 Å². The Morgan fingerprint density at radius 2 is 1.47 bits per heavy atom. The van der Waals surface area contributed by atoms with Crippen LogP contribution in [0.1, 0.15) is 72.6 Å². The molecule has 112 valence electrons. The normalized spacial score (nSPS) is 13.5. The Morgan fingerprint density at radius 1 is 0.947 bits per heavy atom. The van der Waals surface area contributed by atoms with Crippen molar-refractivity contribution in [2.45, 2.75) is 84.3 Å². The number of hydrogen-bond acceptors (Lipinski definition) is 1. The van der Waals surface area contributed by atoms with Crippen molar-refractivity contribution in [2.75, 3.05) is 0 Å². The first kappa shape index (κ1) is 18.4. The van der Waals surface area contributed by atoms with Gasteiger partial charge in [-0.3, -0.25) is 0 Å². The maximum atomic E-state index is 6.06. The summed E-state index contributed by atoms with van der Waals surface area (Å²) in [7, 11) is 0. The van der Waals surface area contributed by atoms with Crippen LogP contribution in [-0.2, 0) is 4.74 Å². The highest BCUT2D eigenvalue weighted by molar-refractivity contribution is 5.12. The van der Waals surface area contributed by atoms with Gasteiger partial charge in [0.25, 0.3) is 0 Å². The monoisotopic (exact) mass is 266 g/mol. The molecule has 1 atom stereocenters. The van der Waals surface area contributed by atoms with Crippen LogP contribution in [0.15, 0.2) is 25.3 Å². The van der Waals surface area contributed by atoms with E-state index < -0.39 is 0 Å². The molecule has 0 amide bonds. The van der Waals surface area contributed by atoms with Gasteiger partial charge in [0.1, 0.15) is 5.60 Å². The molecular weight excluding hydrogens is 232 g/mol. The van der Waals surface area contributed by atoms with Gasteiger partial charge in [0, 0.05) is 0 Å². The fraction of sp³-hybridized carbons (Fsp3) is 0.778. The molecule has 0 aliphatic heterocycles. The van der Waals surface area contributed by atoms with E-state index in [9.17, 15) is 0 Å². The number of ether oxygens (including phenoxy) is 1. The van der Waals surface area contributed by atoms with E-state index in [0.29, 0.717) is 5.92 Å². The molecule has 0 N–H and O–H groups in total. The number of rotatable bonds is 12. The van der Waals surface area contributed by atoms with Crippen LogP contribution < -0.4 is 0 Å². The largest absolute Gasteiger partial charge is 0.364 e. The Hall–Kier alpha value is -0.560. The number of unbranched alkanes of at least 4 members (excludes halogenated alkanes) is 5. The van der Waals surface area contributed by atoms with Gasteiger partial charge in [0.15, 0.2) is 0 Å². The average Bonchev–Trinajstić information content (AvgIpc) is 2.39. The highest BCUT2D eigenvalue weighted by atomic mass is 16.5. The predicted molar refractivity (Wildman–Crippen MR) is 86.5 cm³/mol. The van der Waals surface area contributed by atoms with Crippen LogP contribution in [0.4, 0.5) is 0 Å². The van der Waals surface area contributed by atoms with Crippen LogP contribution in [0.3, 0.4) is 0 Å². The van der Waals surface area contributed by atoms with Gasteiger partial charge in [-0.15, -0.1) is 0 Å². The molecule has 0 aromatic rings. The lowest BCUT2D eigenvalue weighted by Crippen LogP contribution is -2.37. The highest BCUT2D eigenvalue weighted by Crippen LogP contribution is 2.30. The quantitative estimate of drug-likeness (QED) is 0.315. The minimum Gasteiger partial charge on any atom is -0.364 e. The topological polar surface area (TPSA) is 9.23 Å². The van der Waals surface area contributed by atoms with Crippen molar-refractivity contribution in [2.24, 2.45) is 5.92 Å². The third-order valence-electron chi connectivity index (χ3n) is 3.84. The summed E-state index contributed by atoms with van der Waals surface area (Å²) >= 11 is 0. The van der Waals surface area contributed by atoms with E-state index in [0.717, 1.165) is 0 Å². The first-order chi connectivity index (χ1) is 9.02. The molecule has 0 aliphatic carbocycles. The molecule has 1 heteroatoms. The van der Waals surface area contributed by atoms with E-state index in [1.54, 1.807) is 0 Å². The second-order valence-corrected chi connectivity index (χ2v) is 5.89. The van der Waals surface area contributed by atoms with Crippen molar-refractivity contribution in [1.82, 2.24) is 0 Å². The van der Waals surface area contributed by atoms with E-state index in [1.165, 1.54) is 44.9 Å². The second-order valence-electron chi connectivity index (χ2n) is 5.89. The molecule has 1 nitrogen and oxygen atoms in total. The van der Waals surface area contributed by atoms with E-state index in [4.69, 9.17) is 4.74 Å². The summed E-state index contributed by atoms with van der Waals surface area (Å²) in [6, 6.07) is 0. The zero-order chi connectivity index (χ0) is 14.7. The Bertz CT molecular complexity index is 234. The lowest BCUT2D eigenvalue weighted by molar-refractivity contribution is -0.0491. The van der Waals surface area contributed by atoms with Crippen LogP contribution >= 0.6 is 0 Å². The van der Waals surface area contributed by atoms with Crippen molar-refractivity contribution in [1.29, 1.82) is 0 Å². The molecule has 1 unspecified atom stereocenters. The maximum absolute atomic E-state index is 6.06. The van der Waals surface area contributed by atoms with E-state index in [-0.39, 0.29) is 11.7 Å². The molecule has 0 aromatic carbocycles. The van der Waals surface area contributed by atoms with E-state index >= 15 is 0 Å². The Balaban J connectivity index is 4.15. The third-order valence-corrected chi connectivity index (χ3v) is 3.84. The van der Waals surface area contributed by atoms with Gasteiger partial charge < -0.3 is 4.74 Å². The molecule has 0 aliphatic rings. The average molecular weight is 266 g/mol. The number of hydrogen-bond donors (Lipinski definition) is 0. The van der Waals surface area contributed by atoms with Crippen LogP contribution in [0, 0.1) is 5.92 Å². The summed E-state index contributed by atoms with van der Waals surface area (Å²) in [5.74, 6) is 0.441. The smallest absolute Gasteiger partial charge is 0.107 e. The summed E-state index contributed by atoms with van der Waals surface area (Å²) in [5.41, 5.74) is -0.364. The Labute approximate surface area is 121 Å². The van der Waals surface area contributed by atoms with Crippen molar-refractivity contribution in [3.05, 3.63) is 25.3 Å². The summed E-state index contributed by atoms with van der Waals surface area (Å²) in [6.45, 7) is 16.5. The van der Waals surface area contributed by atoms with Gasteiger partial charge >= 0.3 is 0 Å². The standard InChI is InChI=1S/C18H34O/c1-7-10-11-12-13-14-15-17(6)18(8-2,9-3)19-16(4)5/h8-9,16-17H,2-3,7,10-15H2,1,4-6H3. The molecule has 0 saturated heterocycles. The summed E-state index contributed by atoms with van der Waals surface area (Å²) in [5, 5.41) is 0. The highest BCUT2D eigenvalue weighted by Gasteiger charge is 2.31. The summed E-state index contributed by atoms with van der Waals surface area (Å²) in [4.78, 5) is 0. The SMILES string of the molecule is C=CC(C=C)(OC(C)C)C(C)CCCCCCCC. The van der Waals surface area contributed by atoms with Crippen LogP contribution in [0.2, 0.25) is 0 Å². The maximum Gasteiger partial charge on any atom is 0.107 e. The molecule has 0 radical (unpaired) electrons. The minimum atomic E-state index is -0.364. The van der Waals surface area contributed by atoms with Gasteiger partial charge in [-0.25, -0.2) is 0 Å². The molecule has 0 aromatic heterocycles. The van der Waals surface area contributed by atoms with Crippen LogP contribution in [0.25, 0.3) is 0 Å². The molecule has 0 fully saturated rings. The second kappa shape index (κ2) is 10.3. The van der Waals surface area contributed by atoms with Crippen LogP contribution in [0.5, 0.6) is 0 Å². The van der Waals surface area contributed by atoms with Gasteiger partial charge in [0.2, 0.25) is 0 Å². The van der Waals surface area contributed by atoms with Crippen LogP contribution in [-0.4, -0.2) is 11.7 Å². The summed E-state index contributed by atoms with van der Waals surface area (Å²) < 4.78 is 6.06. The fourth-order valence-electron chi connectivity index (χ4n) is 2.56. The zero-order valence-electron chi connectivity index (χ0n) is 13.6. The van der Waals surface area contributed by atoms with Crippen molar-refractivity contribution >= 4 is 0 Å². The first-order valence-corrected chi connectivity index (χ1v) is 7.97. The van der Waals surface area contributed by atoms with Crippen molar-refractivity contribution in [3.8, 4) is 0 Å². The molecule has 0 heterocycles. The third kappa shape index (κ3) is 6.96. The summed E-state index contributed by atoms with van der Waals surface area (Å²) in [6.07, 6.45) is 13.2. The molecule has 0 rings (SSSR count). The zero-order valence-corrected chi connectivity index (χ0v) is 13.6. The Morgan fingerprint density at radius 3 is 1.95 bits per heavy atom. The lowest BCUT2D eigenvalue weighted by atomic mass is 9.84. The van der Waals surface area contributed by atoms with Gasteiger partial charge in [-0.2, -0.15) is 0 Å². The molecule has 0 saturated carbocycles. The molecular formula is C18H34O. The van der Waals surface area contributed by atoms with Gasteiger partial charge in [0.05, 0.1) is 6.10 Å².